The average molecular weight is 217 g/mol. The summed E-state index contributed by atoms with van der Waals surface area (Å²) in [6, 6.07) is 0. The molecule has 88 valence electrons. The Bertz CT molecular complexity index is 359. The summed E-state index contributed by atoms with van der Waals surface area (Å²) >= 11 is 0. The summed E-state index contributed by atoms with van der Waals surface area (Å²) in [5.41, 5.74) is 4.21. The van der Waals surface area contributed by atoms with Crippen LogP contribution in [0, 0.1) is 5.41 Å². The van der Waals surface area contributed by atoms with Gasteiger partial charge < -0.3 is 0 Å². The second kappa shape index (κ2) is 5.29. The fourth-order valence-electron chi connectivity index (χ4n) is 2.09. The zero-order valence-electron chi connectivity index (χ0n) is 11.2. The summed E-state index contributed by atoms with van der Waals surface area (Å²) in [5, 5.41) is 0. The summed E-state index contributed by atoms with van der Waals surface area (Å²) in [6.07, 6.45) is 9.56. The Morgan fingerprint density at radius 3 is 2.19 bits per heavy atom. The smallest absolute Gasteiger partial charge is 0.0643 e. The number of rotatable bonds is 2. The van der Waals surface area contributed by atoms with Crippen LogP contribution in [0.4, 0.5) is 0 Å². The molecule has 1 heterocycles. The minimum Gasteiger partial charge on any atom is -0.284 e. The van der Waals surface area contributed by atoms with E-state index in [9.17, 15) is 0 Å². The van der Waals surface area contributed by atoms with E-state index in [0.717, 1.165) is 18.7 Å². The molecule has 0 aromatic rings. The highest BCUT2D eigenvalue weighted by Crippen LogP contribution is 2.34. The molecule has 1 aliphatic heterocycles. The lowest BCUT2D eigenvalue weighted by atomic mass is 9.79. The van der Waals surface area contributed by atoms with Gasteiger partial charge in [0.05, 0.1) is 5.71 Å². The number of allylic oxidation sites excluding steroid dienone is 5. The standard InChI is InChI=1S/C15H23N/c1-6-8-12-13(15(3,4)5)10-11-16-14(12)9-7-2/h6-9H,10-11H2,1-5H3/b8-6-,9-7-. The van der Waals surface area contributed by atoms with Gasteiger partial charge in [0.15, 0.2) is 0 Å². The van der Waals surface area contributed by atoms with E-state index in [-0.39, 0.29) is 5.41 Å². The molecule has 16 heavy (non-hydrogen) atoms. The van der Waals surface area contributed by atoms with Crippen molar-refractivity contribution in [3.63, 3.8) is 0 Å². The van der Waals surface area contributed by atoms with E-state index in [2.05, 4.69) is 57.0 Å². The van der Waals surface area contributed by atoms with Gasteiger partial charge in [0.1, 0.15) is 0 Å². The third-order valence-electron chi connectivity index (χ3n) is 2.81. The molecule has 0 bridgehead atoms. The van der Waals surface area contributed by atoms with Crippen LogP contribution < -0.4 is 0 Å². The first-order valence-electron chi connectivity index (χ1n) is 6.04. The molecule has 0 atom stereocenters. The topological polar surface area (TPSA) is 12.4 Å². The third-order valence-corrected chi connectivity index (χ3v) is 2.81. The number of aliphatic imine (C=N–C) groups is 1. The van der Waals surface area contributed by atoms with Gasteiger partial charge in [0.25, 0.3) is 0 Å². The Morgan fingerprint density at radius 1 is 1.06 bits per heavy atom. The molecule has 0 spiro atoms. The molecule has 0 amide bonds. The summed E-state index contributed by atoms with van der Waals surface area (Å²) in [7, 11) is 0. The van der Waals surface area contributed by atoms with E-state index in [1.54, 1.807) is 0 Å². The highest BCUT2D eigenvalue weighted by molar-refractivity contribution is 6.11. The largest absolute Gasteiger partial charge is 0.284 e. The van der Waals surface area contributed by atoms with Gasteiger partial charge in [-0.1, -0.05) is 44.6 Å². The van der Waals surface area contributed by atoms with E-state index >= 15 is 0 Å². The van der Waals surface area contributed by atoms with Gasteiger partial charge >= 0.3 is 0 Å². The average Bonchev–Trinajstić information content (AvgIpc) is 2.19. The first kappa shape index (κ1) is 13.0. The molecule has 0 aromatic heterocycles. The summed E-state index contributed by atoms with van der Waals surface area (Å²) < 4.78 is 0. The Morgan fingerprint density at radius 2 is 1.69 bits per heavy atom. The number of hydrogen-bond donors (Lipinski definition) is 0. The van der Waals surface area contributed by atoms with E-state index in [0.29, 0.717) is 0 Å². The van der Waals surface area contributed by atoms with Crippen molar-refractivity contribution in [3.8, 4) is 0 Å². The molecule has 1 aliphatic rings. The van der Waals surface area contributed by atoms with Crippen LogP contribution in [0.1, 0.15) is 41.0 Å². The molecule has 0 saturated carbocycles. The van der Waals surface area contributed by atoms with Gasteiger partial charge in [-0.15, -0.1) is 0 Å². The van der Waals surface area contributed by atoms with E-state index < -0.39 is 0 Å². The second-order valence-electron chi connectivity index (χ2n) is 5.16. The molecule has 1 heteroatoms. The Kier molecular flexibility index (Phi) is 4.28. The molecule has 1 nitrogen and oxygen atoms in total. The predicted octanol–water partition coefficient (Wildman–Crippen LogP) is 4.33. The molecule has 1 rings (SSSR count). The van der Waals surface area contributed by atoms with Gasteiger partial charge in [-0.2, -0.15) is 0 Å². The van der Waals surface area contributed by atoms with E-state index in [1.807, 2.05) is 6.92 Å². The highest BCUT2D eigenvalue weighted by atomic mass is 14.7. The Balaban J connectivity index is 3.26. The normalized spacial score (nSPS) is 18.7. The van der Waals surface area contributed by atoms with E-state index in [1.165, 1.54) is 11.1 Å². The molecular weight excluding hydrogens is 194 g/mol. The molecule has 0 aromatic carbocycles. The van der Waals surface area contributed by atoms with Crippen molar-refractivity contribution in [2.24, 2.45) is 10.4 Å². The zero-order valence-corrected chi connectivity index (χ0v) is 11.2. The molecule has 0 saturated heterocycles. The number of nitrogens with zero attached hydrogens (tertiary/aromatic N) is 1. The summed E-state index contributed by atoms with van der Waals surface area (Å²) in [6.45, 7) is 11.9. The fourth-order valence-corrected chi connectivity index (χ4v) is 2.09. The summed E-state index contributed by atoms with van der Waals surface area (Å²) in [5.74, 6) is 0. The predicted molar refractivity (Wildman–Crippen MR) is 73.0 cm³/mol. The number of hydrogen-bond acceptors (Lipinski definition) is 1. The van der Waals surface area contributed by atoms with Gasteiger partial charge in [0.2, 0.25) is 0 Å². The highest BCUT2D eigenvalue weighted by Gasteiger charge is 2.23. The monoisotopic (exact) mass is 217 g/mol. The van der Waals surface area contributed by atoms with Crippen LogP contribution in [-0.4, -0.2) is 12.3 Å². The molecule has 0 fully saturated rings. The Hall–Kier alpha value is -1.11. The summed E-state index contributed by atoms with van der Waals surface area (Å²) in [4.78, 5) is 4.60. The van der Waals surface area contributed by atoms with Crippen molar-refractivity contribution in [1.82, 2.24) is 0 Å². The van der Waals surface area contributed by atoms with Gasteiger partial charge in [-0.25, -0.2) is 0 Å². The van der Waals surface area contributed by atoms with Gasteiger partial charge in [-0.05, 0) is 37.3 Å². The molecule has 0 aliphatic carbocycles. The zero-order chi connectivity index (χ0) is 12.2. The SMILES string of the molecule is C/C=C\C1=NCCC(C(C)(C)C)=C1/C=C\C. The second-order valence-corrected chi connectivity index (χ2v) is 5.16. The maximum atomic E-state index is 4.60. The van der Waals surface area contributed by atoms with Crippen molar-refractivity contribution < 1.29 is 0 Å². The first-order valence-corrected chi connectivity index (χ1v) is 6.04. The molecular formula is C15H23N. The van der Waals surface area contributed by atoms with Crippen LogP contribution in [0.15, 0.2) is 40.4 Å². The van der Waals surface area contributed by atoms with Crippen LogP contribution >= 0.6 is 0 Å². The lowest BCUT2D eigenvalue weighted by molar-refractivity contribution is 0.480. The minimum absolute atomic E-state index is 0.234. The number of dihydropyridines is 1. The van der Waals surface area contributed by atoms with Crippen LogP contribution in [0.2, 0.25) is 0 Å². The third kappa shape index (κ3) is 2.94. The van der Waals surface area contributed by atoms with Crippen molar-refractivity contribution in [2.45, 2.75) is 41.0 Å². The van der Waals surface area contributed by atoms with E-state index in [4.69, 9.17) is 0 Å². The minimum atomic E-state index is 0.234. The molecule has 0 N–H and O–H groups in total. The molecule has 0 unspecified atom stereocenters. The van der Waals surface area contributed by atoms with Crippen LogP contribution in [0.3, 0.4) is 0 Å². The maximum absolute atomic E-state index is 4.60. The molecule has 0 radical (unpaired) electrons. The quantitative estimate of drug-likeness (QED) is 0.653. The Labute approximate surface area is 99.7 Å². The first-order chi connectivity index (χ1) is 7.50. The van der Waals surface area contributed by atoms with Gasteiger partial charge in [0, 0.05) is 6.54 Å². The van der Waals surface area contributed by atoms with Crippen molar-refractivity contribution in [1.29, 1.82) is 0 Å². The van der Waals surface area contributed by atoms with Crippen LogP contribution in [0.25, 0.3) is 0 Å². The lowest BCUT2D eigenvalue weighted by Crippen LogP contribution is -2.19. The fraction of sp³-hybridized carbons (Fsp3) is 0.533. The lowest BCUT2D eigenvalue weighted by Gasteiger charge is -2.28. The van der Waals surface area contributed by atoms with Crippen molar-refractivity contribution in [2.75, 3.05) is 6.54 Å². The van der Waals surface area contributed by atoms with Crippen molar-refractivity contribution >= 4 is 5.71 Å². The van der Waals surface area contributed by atoms with Gasteiger partial charge in [-0.3, -0.25) is 4.99 Å². The van der Waals surface area contributed by atoms with Crippen LogP contribution in [0.5, 0.6) is 0 Å². The van der Waals surface area contributed by atoms with Crippen LogP contribution in [-0.2, 0) is 0 Å². The van der Waals surface area contributed by atoms with Crippen molar-refractivity contribution in [3.05, 3.63) is 35.5 Å². The maximum Gasteiger partial charge on any atom is 0.0643 e.